The summed E-state index contributed by atoms with van der Waals surface area (Å²) in [5.74, 6) is 0. The molecule has 2 rings (SSSR count). The molecule has 0 atom stereocenters. The minimum Gasteiger partial charge on any atom is -0.360 e. The second-order valence-corrected chi connectivity index (χ2v) is 6.61. The zero-order valence-electron chi connectivity index (χ0n) is 11.5. The first-order valence-electron chi connectivity index (χ1n) is 6.33. The van der Waals surface area contributed by atoms with Crippen molar-refractivity contribution < 1.29 is 8.42 Å². The summed E-state index contributed by atoms with van der Waals surface area (Å²) >= 11 is 0. The molecular formula is C14H14N4O2S. The Hall–Kier alpha value is -2.51. The lowest BCUT2D eigenvalue weighted by Crippen LogP contribution is -2.34. The smallest absolute Gasteiger partial charge is 0.232 e. The van der Waals surface area contributed by atoms with E-state index in [0.717, 1.165) is 18.4 Å². The van der Waals surface area contributed by atoms with Crippen LogP contribution < -0.4 is 9.62 Å². The summed E-state index contributed by atoms with van der Waals surface area (Å²) in [6.07, 6.45) is 4.11. The molecule has 1 aliphatic heterocycles. The van der Waals surface area contributed by atoms with Crippen molar-refractivity contribution in [1.29, 1.82) is 10.5 Å². The SMILES string of the molecule is CS(=O)(=O)N1CCCc2ccc(NC=C(C#N)C#N)cc21. The average molecular weight is 302 g/mol. The van der Waals surface area contributed by atoms with Gasteiger partial charge in [-0.2, -0.15) is 10.5 Å². The number of sulfonamides is 1. The van der Waals surface area contributed by atoms with E-state index in [1.807, 2.05) is 6.07 Å². The molecule has 21 heavy (non-hydrogen) atoms. The van der Waals surface area contributed by atoms with Crippen LogP contribution in [0.2, 0.25) is 0 Å². The summed E-state index contributed by atoms with van der Waals surface area (Å²) < 4.78 is 25.0. The van der Waals surface area contributed by atoms with Crippen molar-refractivity contribution in [2.75, 3.05) is 22.4 Å². The van der Waals surface area contributed by atoms with Gasteiger partial charge in [0.15, 0.2) is 0 Å². The van der Waals surface area contributed by atoms with E-state index in [-0.39, 0.29) is 5.57 Å². The Morgan fingerprint density at radius 2 is 2.10 bits per heavy atom. The van der Waals surface area contributed by atoms with Crippen molar-refractivity contribution >= 4 is 21.4 Å². The van der Waals surface area contributed by atoms with Gasteiger partial charge in [-0.3, -0.25) is 4.31 Å². The van der Waals surface area contributed by atoms with Crippen molar-refractivity contribution in [1.82, 2.24) is 0 Å². The van der Waals surface area contributed by atoms with Crippen LogP contribution in [0, 0.1) is 22.7 Å². The van der Waals surface area contributed by atoms with Gasteiger partial charge in [0.2, 0.25) is 10.0 Å². The van der Waals surface area contributed by atoms with E-state index in [1.165, 1.54) is 16.8 Å². The number of allylic oxidation sites excluding steroid dienone is 1. The van der Waals surface area contributed by atoms with Crippen molar-refractivity contribution in [2.45, 2.75) is 12.8 Å². The topological polar surface area (TPSA) is 97.0 Å². The molecule has 1 aromatic carbocycles. The van der Waals surface area contributed by atoms with Crippen LogP contribution in [-0.4, -0.2) is 21.2 Å². The van der Waals surface area contributed by atoms with Crippen molar-refractivity contribution in [3.05, 3.63) is 35.5 Å². The van der Waals surface area contributed by atoms with E-state index in [0.29, 0.717) is 17.9 Å². The summed E-state index contributed by atoms with van der Waals surface area (Å²) in [5, 5.41) is 20.2. The van der Waals surface area contributed by atoms with E-state index in [1.54, 1.807) is 24.3 Å². The normalized spacial score (nSPS) is 13.6. The fourth-order valence-corrected chi connectivity index (χ4v) is 3.21. The van der Waals surface area contributed by atoms with Crippen molar-refractivity contribution in [3.63, 3.8) is 0 Å². The first-order valence-corrected chi connectivity index (χ1v) is 8.18. The molecule has 0 saturated heterocycles. The minimum absolute atomic E-state index is 0.0484. The summed E-state index contributed by atoms with van der Waals surface area (Å²) in [5.41, 5.74) is 2.21. The maximum absolute atomic E-state index is 11.8. The first kappa shape index (κ1) is 14.9. The Bertz CT molecular complexity index is 753. The zero-order chi connectivity index (χ0) is 15.5. The average Bonchev–Trinajstić information content (AvgIpc) is 2.46. The molecule has 108 valence electrons. The Kier molecular flexibility index (Phi) is 4.15. The lowest BCUT2D eigenvalue weighted by Gasteiger charge is -2.29. The van der Waals surface area contributed by atoms with Crippen LogP contribution >= 0.6 is 0 Å². The molecule has 6 nitrogen and oxygen atoms in total. The van der Waals surface area contributed by atoms with E-state index in [4.69, 9.17) is 10.5 Å². The van der Waals surface area contributed by atoms with Crippen LogP contribution in [0.3, 0.4) is 0 Å². The van der Waals surface area contributed by atoms with E-state index >= 15 is 0 Å². The largest absolute Gasteiger partial charge is 0.360 e. The van der Waals surface area contributed by atoms with Crippen LogP contribution in [0.1, 0.15) is 12.0 Å². The maximum Gasteiger partial charge on any atom is 0.232 e. The fraction of sp³-hybridized carbons (Fsp3) is 0.286. The third kappa shape index (κ3) is 3.33. The lowest BCUT2D eigenvalue weighted by molar-refractivity contribution is 0.592. The monoisotopic (exact) mass is 302 g/mol. The standard InChI is InChI=1S/C14H14N4O2S/c1-21(19,20)18-6-2-3-12-4-5-13(7-14(12)18)17-10-11(8-15)9-16/h4-5,7,10,17H,2-3,6H2,1H3. The van der Waals surface area contributed by atoms with E-state index in [2.05, 4.69) is 5.32 Å². The highest BCUT2D eigenvalue weighted by atomic mass is 32.2. The van der Waals surface area contributed by atoms with Crippen LogP contribution in [0.5, 0.6) is 0 Å². The highest BCUT2D eigenvalue weighted by Gasteiger charge is 2.23. The van der Waals surface area contributed by atoms with Gasteiger partial charge in [0, 0.05) is 18.4 Å². The van der Waals surface area contributed by atoms with Gasteiger partial charge in [-0.15, -0.1) is 0 Å². The molecule has 1 aliphatic rings. The fourth-order valence-electron chi connectivity index (χ4n) is 2.22. The molecule has 1 heterocycles. The molecule has 1 aromatic rings. The predicted molar refractivity (Wildman–Crippen MR) is 79.9 cm³/mol. The third-order valence-corrected chi connectivity index (χ3v) is 4.37. The Morgan fingerprint density at radius 3 is 2.71 bits per heavy atom. The van der Waals surface area contributed by atoms with Gasteiger partial charge < -0.3 is 5.32 Å². The highest BCUT2D eigenvalue weighted by molar-refractivity contribution is 7.92. The molecule has 0 spiro atoms. The molecule has 0 aromatic heterocycles. The van der Waals surface area contributed by atoms with Gasteiger partial charge in [-0.25, -0.2) is 8.42 Å². The maximum atomic E-state index is 11.8. The van der Waals surface area contributed by atoms with Crippen LogP contribution in [-0.2, 0) is 16.4 Å². The molecule has 0 fully saturated rings. The summed E-state index contributed by atoms with van der Waals surface area (Å²) in [4.78, 5) is 0. The van der Waals surface area contributed by atoms with Gasteiger partial charge in [-0.05, 0) is 30.5 Å². The van der Waals surface area contributed by atoms with Gasteiger partial charge in [0.1, 0.15) is 17.7 Å². The number of fused-ring (bicyclic) bond motifs is 1. The molecular weight excluding hydrogens is 288 g/mol. The second kappa shape index (κ2) is 5.86. The quantitative estimate of drug-likeness (QED) is 0.858. The predicted octanol–water partition coefficient (Wildman–Crippen LogP) is 1.74. The Morgan fingerprint density at radius 1 is 1.38 bits per heavy atom. The van der Waals surface area contributed by atoms with Crippen LogP contribution in [0.25, 0.3) is 0 Å². The summed E-state index contributed by atoms with van der Waals surface area (Å²) in [7, 11) is -3.31. The van der Waals surface area contributed by atoms with E-state index < -0.39 is 10.0 Å². The number of hydrogen-bond acceptors (Lipinski definition) is 5. The first-order chi connectivity index (χ1) is 9.95. The molecule has 7 heteroatoms. The van der Waals surface area contributed by atoms with Crippen LogP contribution in [0.15, 0.2) is 30.0 Å². The van der Waals surface area contributed by atoms with Gasteiger partial charge >= 0.3 is 0 Å². The molecule has 1 N–H and O–H groups in total. The van der Waals surface area contributed by atoms with Gasteiger partial charge in [-0.1, -0.05) is 6.07 Å². The number of benzene rings is 1. The number of aryl methyl sites for hydroxylation is 1. The second-order valence-electron chi connectivity index (χ2n) is 4.71. The number of anilines is 2. The Balaban J connectivity index is 2.36. The lowest BCUT2D eigenvalue weighted by atomic mass is 10.0. The number of rotatable bonds is 3. The highest BCUT2D eigenvalue weighted by Crippen LogP contribution is 2.31. The molecule has 0 radical (unpaired) electrons. The van der Waals surface area contributed by atoms with E-state index in [9.17, 15) is 8.42 Å². The molecule has 0 saturated carbocycles. The van der Waals surface area contributed by atoms with Gasteiger partial charge in [0.05, 0.1) is 11.9 Å². The third-order valence-electron chi connectivity index (χ3n) is 3.19. The zero-order valence-corrected chi connectivity index (χ0v) is 12.3. The van der Waals surface area contributed by atoms with Crippen LogP contribution in [0.4, 0.5) is 11.4 Å². The number of nitriles is 2. The molecule has 0 bridgehead atoms. The minimum atomic E-state index is -3.31. The number of hydrogen-bond donors (Lipinski definition) is 1. The molecule has 0 amide bonds. The summed E-state index contributed by atoms with van der Waals surface area (Å²) in [6.45, 7) is 0.465. The van der Waals surface area contributed by atoms with Crippen molar-refractivity contribution in [3.8, 4) is 12.1 Å². The number of nitrogens with zero attached hydrogens (tertiary/aromatic N) is 3. The molecule has 0 aliphatic carbocycles. The van der Waals surface area contributed by atoms with Crippen molar-refractivity contribution in [2.24, 2.45) is 0 Å². The number of nitrogens with one attached hydrogen (secondary N) is 1. The Labute approximate surface area is 124 Å². The van der Waals surface area contributed by atoms with Gasteiger partial charge in [0.25, 0.3) is 0 Å². The summed E-state index contributed by atoms with van der Waals surface area (Å²) in [6, 6.07) is 8.88. The molecule has 0 unspecified atom stereocenters.